The second-order valence-corrected chi connectivity index (χ2v) is 4.43. The molecule has 1 amide bonds. The van der Waals surface area contributed by atoms with Crippen molar-refractivity contribution in [2.45, 2.75) is 6.42 Å². The number of ketones is 1. The standard InChI is InChI=1S/C15H14FN3O2/c1-18-15(21)13-7-11(16)10(8-19-13)14(20)6-9-4-2-3-5-12(9)17/h2-5,7-8H,6,17H2,1H3,(H,18,21). The van der Waals surface area contributed by atoms with Crippen LogP contribution in [0.1, 0.15) is 26.4 Å². The molecule has 0 unspecified atom stereocenters. The Hall–Kier alpha value is -2.76. The number of anilines is 1. The summed E-state index contributed by atoms with van der Waals surface area (Å²) in [6.07, 6.45) is 1.05. The van der Waals surface area contributed by atoms with Gasteiger partial charge >= 0.3 is 0 Å². The van der Waals surface area contributed by atoms with Crippen molar-refractivity contribution in [3.8, 4) is 0 Å². The molecule has 2 aromatic rings. The smallest absolute Gasteiger partial charge is 0.269 e. The third kappa shape index (κ3) is 3.22. The molecule has 0 aliphatic carbocycles. The van der Waals surface area contributed by atoms with Crippen LogP contribution in [-0.4, -0.2) is 23.7 Å². The minimum absolute atomic E-state index is 0.0232. The monoisotopic (exact) mass is 287 g/mol. The van der Waals surface area contributed by atoms with Crippen LogP contribution in [0.4, 0.5) is 10.1 Å². The van der Waals surface area contributed by atoms with Gasteiger partial charge < -0.3 is 11.1 Å². The van der Waals surface area contributed by atoms with Gasteiger partial charge in [0.05, 0.1) is 5.56 Å². The Labute approximate surface area is 121 Å². The first kappa shape index (κ1) is 14.6. The summed E-state index contributed by atoms with van der Waals surface area (Å²) in [5.41, 5.74) is 6.61. The summed E-state index contributed by atoms with van der Waals surface area (Å²) < 4.78 is 13.9. The normalized spacial score (nSPS) is 10.2. The average molecular weight is 287 g/mol. The number of benzene rings is 1. The molecular weight excluding hydrogens is 273 g/mol. The van der Waals surface area contributed by atoms with Gasteiger partial charge in [0.1, 0.15) is 11.5 Å². The van der Waals surface area contributed by atoms with Gasteiger partial charge in [0.15, 0.2) is 5.78 Å². The molecule has 1 heterocycles. The van der Waals surface area contributed by atoms with Crippen molar-refractivity contribution in [2.75, 3.05) is 12.8 Å². The Morgan fingerprint density at radius 1 is 1.33 bits per heavy atom. The molecule has 1 aromatic carbocycles. The molecule has 0 bridgehead atoms. The van der Waals surface area contributed by atoms with Crippen LogP contribution < -0.4 is 11.1 Å². The van der Waals surface area contributed by atoms with Gasteiger partial charge in [-0.1, -0.05) is 18.2 Å². The second-order valence-electron chi connectivity index (χ2n) is 4.43. The first-order valence-electron chi connectivity index (χ1n) is 6.27. The van der Waals surface area contributed by atoms with Gasteiger partial charge in [0.25, 0.3) is 5.91 Å². The number of amides is 1. The molecule has 0 saturated heterocycles. The summed E-state index contributed by atoms with van der Waals surface area (Å²) >= 11 is 0. The molecule has 108 valence electrons. The molecule has 1 aromatic heterocycles. The molecule has 2 rings (SSSR count). The van der Waals surface area contributed by atoms with Gasteiger partial charge in [0.2, 0.25) is 0 Å². The topological polar surface area (TPSA) is 85.1 Å². The van der Waals surface area contributed by atoms with Crippen LogP contribution in [0.2, 0.25) is 0 Å². The average Bonchev–Trinajstić information content (AvgIpc) is 2.48. The van der Waals surface area contributed by atoms with Crippen LogP contribution >= 0.6 is 0 Å². The third-order valence-electron chi connectivity index (χ3n) is 3.02. The maximum Gasteiger partial charge on any atom is 0.269 e. The van der Waals surface area contributed by atoms with E-state index in [9.17, 15) is 14.0 Å². The van der Waals surface area contributed by atoms with Gasteiger partial charge in [-0.15, -0.1) is 0 Å². The maximum absolute atomic E-state index is 13.9. The number of para-hydroxylation sites is 1. The highest BCUT2D eigenvalue weighted by Crippen LogP contribution is 2.16. The number of halogens is 1. The molecule has 5 nitrogen and oxygen atoms in total. The summed E-state index contributed by atoms with van der Waals surface area (Å²) in [4.78, 5) is 27.2. The lowest BCUT2D eigenvalue weighted by atomic mass is 10.0. The van der Waals surface area contributed by atoms with E-state index in [0.717, 1.165) is 12.3 Å². The maximum atomic E-state index is 13.9. The molecule has 0 saturated carbocycles. The fraction of sp³-hybridized carbons (Fsp3) is 0.133. The van der Waals surface area contributed by atoms with Crippen molar-refractivity contribution >= 4 is 17.4 Å². The summed E-state index contributed by atoms with van der Waals surface area (Å²) in [5, 5.41) is 2.33. The van der Waals surface area contributed by atoms with Crippen LogP contribution in [-0.2, 0) is 6.42 Å². The second kappa shape index (κ2) is 6.13. The van der Waals surface area contributed by atoms with Crippen molar-refractivity contribution in [1.82, 2.24) is 10.3 Å². The van der Waals surface area contributed by atoms with Crippen LogP contribution in [0.15, 0.2) is 36.5 Å². The van der Waals surface area contributed by atoms with Crippen molar-refractivity contribution in [3.05, 3.63) is 59.2 Å². The van der Waals surface area contributed by atoms with E-state index in [1.165, 1.54) is 7.05 Å². The van der Waals surface area contributed by atoms with Crippen molar-refractivity contribution in [3.63, 3.8) is 0 Å². The Morgan fingerprint density at radius 3 is 2.67 bits per heavy atom. The largest absolute Gasteiger partial charge is 0.398 e. The SMILES string of the molecule is CNC(=O)c1cc(F)c(C(=O)Cc2ccccc2N)cn1. The van der Waals surface area contributed by atoms with E-state index in [2.05, 4.69) is 10.3 Å². The van der Waals surface area contributed by atoms with E-state index < -0.39 is 17.5 Å². The molecule has 0 radical (unpaired) electrons. The summed E-state index contributed by atoms with van der Waals surface area (Å²) in [5.74, 6) is -1.73. The highest BCUT2D eigenvalue weighted by molar-refractivity contribution is 5.99. The molecule has 21 heavy (non-hydrogen) atoms. The van der Waals surface area contributed by atoms with E-state index in [0.29, 0.717) is 11.3 Å². The van der Waals surface area contributed by atoms with Gasteiger partial charge in [-0.3, -0.25) is 14.6 Å². The Kier molecular flexibility index (Phi) is 4.27. The van der Waals surface area contributed by atoms with Gasteiger partial charge in [-0.05, 0) is 11.6 Å². The van der Waals surface area contributed by atoms with E-state index >= 15 is 0 Å². The number of hydrogen-bond acceptors (Lipinski definition) is 4. The first-order valence-corrected chi connectivity index (χ1v) is 6.27. The minimum Gasteiger partial charge on any atom is -0.398 e. The minimum atomic E-state index is -0.775. The van der Waals surface area contributed by atoms with Gasteiger partial charge in [-0.2, -0.15) is 0 Å². The lowest BCUT2D eigenvalue weighted by molar-refractivity contribution is 0.0952. The first-order chi connectivity index (χ1) is 10.0. The predicted molar refractivity (Wildman–Crippen MR) is 76.5 cm³/mol. The zero-order valence-electron chi connectivity index (χ0n) is 11.4. The molecule has 3 N–H and O–H groups in total. The quantitative estimate of drug-likeness (QED) is 0.660. The molecule has 6 heteroatoms. The van der Waals surface area contributed by atoms with E-state index in [1.54, 1.807) is 24.3 Å². The van der Waals surface area contributed by atoms with Crippen molar-refractivity contribution in [1.29, 1.82) is 0 Å². The fourth-order valence-electron chi connectivity index (χ4n) is 1.85. The number of aromatic nitrogens is 1. The van der Waals surface area contributed by atoms with Crippen LogP contribution in [0.25, 0.3) is 0 Å². The van der Waals surface area contributed by atoms with E-state index in [4.69, 9.17) is 5.73 Å². The lowest BCUT2D eigenvalue weighted by Crippen LogP contribution is -2.20. The molecule has 0 aliphatic heterocycles. The van der Waals surface area contributed by atoms with Gasteiger partial charge in [0, 0.05) is 31.4 Å². The van der Waals surface area contributed by atoms with Crippen molar-refractivity contribution in [2.24, 2.45) is 0 Å². The van der Waals surface area contributed by atoms with Crippen molar-refractivity contribution < 1.29 is 14.0 Å². The van der Waals surface area contributed by atoms with E-state index in [-0.39, 0.29) is 17.7 Å². The molecule has 0 aliphatic rings. The van der Waals surface area contributed by atoms with E-state index in [1.807, 2.05) is 0 Å². The number of rotatable bonds is 4. The molecule has 0 fully saturated rings. The predicted octanol–water partition coefficient (Wildman–Crippen LogP) is 1.59. The number of Topliss-reactive ketones (excluding diaryl/α,β-unsaturated/α-hetero) is 1. The van der Waals surface area contributed by atoms with Crippen LogP contribution in [0.5, 0.6) is 0 Å². The number of carbonyl (C=O) groups excluding carboxylic acids is 2. The molecular formula is C15H14FN3O2. The van der Waals surface area contributed by atoms with Gasteiger partial charge in [-0.25, -0.2) is 4.39 Å². The number of nitrogen functional groups attached to an aromatic ring is 1. The zero-order chi connectivity index (χ0) is 15.4. The number of nitrogens with one attached hydrogen (secondary N) is 1. The number of hydrogen-bond donors (Lipinski definition) is 2. The Morgan fingerprint density at radius 2 is 2.05 bits per heavy atom. The van der Waals surface area contributed by atoms with Crippen LogP contribution in [0, 0.1) is 5.82 Å². The fourth-order valence-corrected chi connectivity index (χ4v) is 1.85. The van der Waals surface area contributed by atoms with Crippen LogP contribution in [0.3, 0.4) is 0 Å². The Balaban J connectivity index is 2.24. The zero-order valence-corrected chi connectivity index (χ0v) is 11.4. The number of carbonyl (C=O) groups is 2. The number of pyridine rings is 1. The summed E-state index contributed by atoms with van der Waals surface area (Å²) in [6.45, 7) is 0. The highest BCUT2D eigenvalue weighted by atomic mass is 19.1. The molecule has 0 atom stereocenters. The summed E-state index contributed by atoms with van der Waals surface area (Å²) in [6, 6.07) is 7.83. The number of nitrogens with two attached hydrogens (primary N) is 1. The Bertz CT molecular complexity index is 701. The lowest BCUT2D eigenvalue weighted by Gasteiger charge is -2.06. The number of nitrogens with zero attached hydrogens (tertiary/aromatic N) is 1. The summed E-state index contributed by atoms with van der Waals surface area (Å²) in [7, 11) is 1.42. The molecule has 0 spiro atoms. The third-order valence-corrected chi connectivity index (χ3v) is 3.02. The highest BCUT2D eigenvalue weighted by Gasteiger charge is 2.16.